The van der Waals surface area contributed by atoms with Crippen LogP contribution >= 0.6 is 0 Å². The lowest BCUT2D eigenvalue weighted by atomic mass is 10.1. The Hall–Kier alpha value is -2.40. The van der Waals surface area contributed by atoms with Gasteiger partial charge in [0.25, 0.3) is 0 Å². The highest BCUT2D eigenvalue weighted by atomic mass is 19.1. The summed E-state index contributed by atoms with van der Waals surface area (Å²) >= 11 is 0. The second-order valence-electron chi connectivity index (χ2n) is 5.32. The lowest BCUT2D eigenvalue weighted by Crippen LogP contribution is -2.24. The van der Waals surface area contributed by atoms with Crippen LogP contribution in [0.15, 0.2) is 48.5 Å². The molecule has 0 aliphatic carbocycles. The molecule has 2 aromatic carbocycles. The molecule has 0 saturated carbocycles. The molecule has 0 spiro atoms. The number of carbonyl (C=O) groups excluding carboxylic acids is 1. The van der Waals surface area contributed by atoms with E-state index in [1.165, 1.54) is 12.1 Å². The first-order valence-electron chi connectivity index (χ1n) is 7.15. The minimum atomic E-state index is -0.270. The monoisotopic (exact) mass is 300 g/mol. The average Bonchev–Trinajstić information content (AvgIpc) is 2.85. The molecule has 114 valence electrons. The number of amides is 1. The Morgan fingerprint density at radius 3 is 2.59 bits per heavy atom. The summed E-state index contributed by atoms with van der Waals surface area (Å²) in [6.07, 6.45) is -0.167. The maximum atomic E-state index is 13.1. The standard InChI is InChI=1S/C17H17FN2O2/c1-11-17(21)20-16(19-11)13-5-7-15(8-6-13)22-10-12-3-2-4-14(18)9-12/h2-9,11,16,19H,10H2,1H3,(H,20,21). The molecule has 1 amide bonds. The van der Waals surface area contributed by atoms with E-state index in [0.717, 1.165) is 11.1 Å². The Morgan fingerprint density at radius 2 is 1.95 bits per heavy atom. The fraction of sp³-hybridized carbons (Fsp3) is 0.235. The van der Waals surface area contributed by atoms with Crippen LogP contribution in [0.1, 0.15) is 24.2 Å². The second-order valence-corrected chi connectivity index (χ2v) is 5.32. The molecule has 3 rings (SSSR count). The van der Waals surface area contributed by atoms with Crippen LogP contribution in [-0.4, -0.2) is 11.9 Å². The van der Waals surface area contributed by atoms with Crippen molar-refractivity contribution in [1.82, 2.24) is 10.6 Å². The molecule has 2 atom stereocenters. The highest BCUT2D eigenvalue weighted by Crippen LogP contribution is 2.20. The Balaban J connectivity index is 1.61. The van der Waals surface area contributed by atoms with Gasteiger partial charge in [0.2, 0.25) is 5.91 Å². The van der Waals surface area contributed by atoms with Gasteiger partial charge in [-0.15, -0.1) is 0 Å². The van der Waals surface area contributed by atoms with Gasteiger partial charge in [0.1, 0.15) is 24.3 Å². The summed E-state index contributed by atoms with van der Waals surface area (Å²) in [7, 11) is 0. The van der Waals surface area contributed by atoms with E-state index in [-0.39, 0.29) is 23.9 Å². The van der Waals surface area contributed by atoms with Gasteiger partial charge in [-0.1, -0.05) is 24.3 Å². The quantitative estimate of drug-likeness (QED) is 0.912. The molecule has 1 aliphatic rings. The van der Waals surface area contributed by atoms with Crippen molar-refractivity contribution >= 4 is 5.91 Å². The van der Waals surface area contributed by atoms with Crippen molar-refractivity contribution in [2.45, 2.75) is 25.7 Å². The number of benzene rings is 2. The van der Waals surface area contributed by atoms with Crippen LogP contribution in [0.25, 0.3) is 0 Å². The number of hydrogen-bond acceptors (Lipinski definition) is 3. The molecular formula is C17H17FN2O2. The summed E-state index contributed by atoms with van der Waals surface area (Å²) < 4.78 is 18.7. The van der Waals surface area contributed by atoms with Crippen LogP contribution in [0.3, 0.4) is 0 Å². The molecule has 5 heteroatoms. The van der Waals surface area contributed by atoms with Gasteiger partial charge in [-0.3, -0.25) is 10.1 Å². The fourth-order valence-corrected chi connectivity index (χ4v) is 2.36. The van der Waals surface area contributed by atoms with Crippen LogP contribution < -0.4 is 15.4 Å². The van der Waals surface area contributed by atoms with Crippen LogP contribution in [0, 0.1) is 5.82 Å². The molecule has 1 heterocycles. The molecular weight excluding hydrogens is 283 g/mol. The van der Waals surface area contributed by atoms with Gasteiger partial charge in [-0.05, 0) is 42.3 Å². The number of ether oxygens (including phenoxy) is 1. The molecule has 2 aromatic rings. The zero-order chi connectivity index (χ0) is 15.5. The molecule has 0 bridgehead atoms. The maximum Gasteiger partial charge on any atom is 0.238 e. The normalized spacial score (nSPS) is 20.7. The average molecular weight is 300 g/mol. The van der Waals surface area contributed by atoms with Crippen molar-refractivity contribution < 1.29 is 13.9 Å². The largest absolute Gasteiger partial charge is 0.489 e. The van der Waals surface area contributed by atoms with Crippen molar-refractivity contribution in [3.05, 3.63) is 65.5 Å². The molecule has 22 heavy (non-hydrogen) atoms. The summed E-state index contributed by atoms with van der Waals surface area (Å²) in [6, 6.07) is 13.6. The van der Waals surface area contributed by atoms with Crippen LogP contribution in [0.4, 0.5) is 4.39 Å². The zero-order valence-corrected chi connectivity index (χ0v) is 12.2. The Kier molecular flexibility index (Phi) is 4.06. The van der Waals surface area contributed by atoms with E-state index in [2.05, 4.69) is 10.6 Å². The van der Waals surface area contributed by atoms with Gasteiger partial charge in [0.05, 0.1) is 6.04 Å². The van der Waals surface area contributed by atoms with E-state index in [4.69, 9.17) is 4.74 Å². The summed E-state index contributed by atoms with van der Waals surface area (Å²) in [6.45, 7) is 2.14. The minimum absolute atomic E-state index is 0.00330. The van der Waals surface area contributed by atoms with E-state index < -0.39 is 0 Å². The Morgan fingerprint density at radius 1 is 1.18 bits per heavy atom. The maximum absolute atomic E-state index is 13.1. The van der Waals surface area contributed by atoms with Crippen molar-refractivity contribution in [3.8, 4) is 5.75 Å². The number of halogens is 1. The lowest BCUT2D eigenvalue weighted by Gasteiger charge is -2.12. The van der Waals surface area contributed by atoms with Crippen molar-refractivity contribution in [1.29, 1.82) is 0 Å². The summed E-state index contributed by atoms with van der Waals surface area (Å²) in [5, 5.41) is 6.03. The molecule has 1 saturated heterocycles. The first-order valence-corrected chi connectivity index (χ1v) is 7.15. The van der Waals surface area contributed by atoms with Crippen molar-refractivity contribution in [2.75, 3.05) is 0 Å². The van der Waals surface area contributed by atoms with Gasteiger partial charge in [0, 0.05) is 0 Å². The number of nitrogens with one attached hydrogen (secondary N) is 2. The smallest absolute Gasteiger partial charge is 0.238 e. The van der Waals surface area contributed by atoms with Gasteiger partial charge < -0.3 is 10.1 Å². The molecule has 0 radical (unpaired) electrons. The van der Waals surface area contributed by atoms with E-state index in [1.54, 1.807) is 6.07 Å². The third-order valence-electron chi connectivity index (χ3n) is 3.60. The molecule has 2 N–H and O–H groups in total. The van der Waals surface area contributed by atoms with E-state index >= 15 is 0 Å². The Labute approximate surface area is 128 Å². The molecule has 1 fully saturated rings. The zero-order valence-electron chi connectivity index (χ0n) is 12.2. The van der Waals surface area contributed by atoms with Crippen LogP contribution in [0.2, 0.25) is 0 Å². The number of hydrogen-bond donors (Lipinski definition) is 2. The number of rotatable bonds is 4. The first-order chi connectivity index (χ1) is 10.6. The van der Waals surface area contributed by atoms with Gasteiger partial charge in [-0.2, -0.15) is 0 Å². The Bertz CT molecular complexity index is 673. The highest BCUT2D eigenvalue weighted by Gasteiger charge is 2.28. The SMILES string of the molecule is CC1NC(c2ccc(OCc3cccc(F)c3)cc2)NC1=O. The fourth-order valence-electron chi connectivity index (χ4n) is 2.36. The molecule has 2 unspecified atom stereocenters. The summed E-state index contributed by atoms with van der Waals surface area (Å²) in [5.41, 5.74) is 1.75. The lowest BCUT2D eigenvalue weighted by molar-refractivity contribution is -0.120. The van der Waals surface area contributed by atoms with Gasteiger partial charge >= 0.3 is 0 Å². The third-order valence-corrected chi connectivity index (χ3v) is 3.60. The number of carbonyl (C=O) groups is 1. The first kappa shape index (κ1) is 14.5. The van der Waals surface area contributed by atoms with Crippen molar-refractivity contribution in [3.63, 3.8) is 0 Å². The molecule has 0 aromatic heterocycles. The van der Waals surface area contributed by atoms with Gasteiger partial charge in [0.15, 0.2) is 0 Å². The minimum Gasteiger partial charge on any atom is -0.489 e. The topological polar surface area (TPSA) is 50.4 Å². The van der Waals surface area contributed by atoms with E-state index in [0.29, 0.717) is 12.4 Å². The predicted octanol–water partition coefficient (Wildman–Crippen LogP) is 2.51. The predicted molar refractivity (Wildman–Crippen MR) is 80.7 cm³/mol. The van der Waals surface area contributed by atoms with E-state index in [9.17, 15) is 9.18 Å². The highest BCUT2D eigenvalue weighted by molar-refractivity contribution is 5.83. The molecule has 4 nitrogen and oxygen atoms in total. The summed E-state index contributed by atoms with van der Waals surface area (Å²) in [5.74, 6) is 0.426. The second kappa shape index (κ2) is 6.15. The van der Waals surface area contributed by atoms with Gasteiger partial charge in [-0.25, -0.2) is 4.39 Å². The van der Waals surface area contributed by atoms with Crippen LogP contribution in [0.5, 0.6) is 5.75 Å². The summed E-state index contributed by atoms with van der Waals surface area (Å²) in [4.78, 5) is 11.5. The van der Waals surface area contributed by atoms with Crippen LogP contribution in [-0.2, 0) is 11.4 Å². The molecule has 1 aliphatic heterocycles. The third kappa shape index (κ3) is 3.26. The van der Waals surface area contributed by atoms with Crippen molar-refractivity contribution in [2.24, 2.45) is 0 Å². The van der Waals surface area contributed by atoms with E-state index in [1.807, 2.05) is 37.3 Å².